The average molecular weight is 332 g/mol. The van der Waals surface area contributed by atoms with Crippen molar-refractivity contribution >= 4 is 23.2 Å². The second kappa shape index (κ2) is 6.50. The predicted molar refractivity (Wildman–Crippen MR) is 90.6 cm³/mol. The molecule has 0 spiro atoms. The van der Waals surface area contributed by atoms with Crippen LogP contribution in [0.1, 0.15) is 16.5 Å². The van der Waals surface area contributed by atoms with Crippen molar-refractivity contribution in [1.29, 1.82) is 0 Å². The van der Waals surface area contributed by atoms with Gasteiger partial charge in [0.05, 0.1) is 14.2 Å². The third-order valence-electron chi connectivity index (χ3n) is 4.07. The molecule has 0 N–H and O–H groups in total. The Morgan fingerprint density at radius 2 is 1.87 bits per heavy atom. The summed E-state index contributed by atoms with van der Waals surface area (Å²) in [7, 11) is 3.13. The second-order valence-corrected chi connectivity index (χ2v) is 5.78. The van der Waals surface area contributed by atoms with Crippen LogP contribution in [0.15, 0.2) is 42.5 Å². The maximum Gasteiger partial charge on any atom is 0.249 e. The summed E-state index contributed by atoms with van der Waals surface area (Å²) in [5.74, 6) is 1.05. The van der Waals surface area contributed by atoms with Gasteiger partial charge in [-0.1, -0.05) is 24.3 Å². The van der Waals surface area contributed by atoms with Gasteiger partial charge < -0.3 is 14.4 Å². The first-order chi connectivity index (χ1) is 11.2. The van der Waals surface area contributed by atoms with Gasteiger partial charge in [-0.3, -0.25) is 4.79 Å². The number of hydrogen-bond donors (Lipinski definition) is 0. The zero-order valence-electron chi connectivity index (χ0n) is 13.1. The van der Waals surface area contributed by atoms with E-state index in [0.29, 0.717) is 23.6 Å². The Bertz CT molecular complexity index is 732. The number of nitrogens with zero attached hydrogens (tertiary/aromatic N) is 1. The molecule has 2 aromatic carbocycles. The number of alkyl halides is 1. The Labute approximate surface area is 140 Å². The Morgan fingerprint density at radius 1 is 1.13 bits per heavy atom. The highest BCUT2D eigenvalue weighted by molar-refractivity contribution is 6.33. The highest BCUT2D eigenvalue weighted by atomic mass is 35.5. The zero-order chi connectivity index (χ0) is 16.4. The summed E-state index contributed by atoms with van der Waals surface area (Å²) in [4.78, 5) is 14.5. The summed E-state index contributed by atoms with van der Waals surface area (Å²) in [6.07, 6.45) is 0.859. The fourth-order valence-corrected chi connectivity index (χ4v) is 3.11. The lowest BCUT2D eigenvalue weighted by atomic mass is 10.1. The molecule has 120 valence electrons. The number of hydrogen-bond acceptors (Lipinski definition) is 3. The summed E-state index contributed by atoms with van der Waals surface area (Å²) in [6, 6.07) is 13.2. The van der Waals surface area contributed by atoms with Gasteiger partial charge in [0.25, 0.3) is 0 Å². The standard InChI is InChI=1S/C18H18ClNO3/c1-22-15-8-7-13(11-16(15)23-2)17(19)18(21)20-10-9-12-5-3-4-6-14(12)20/h3-8,11,17H,9-10H2,1-2H3. The van der Waals surface area contributed by atoms with Crippen LogP contribution in [0.25, 0.3) is 0 Å². The van der Waals surface area contributed by atoms with Gasteiger partial charge >= 0.3 is 0 Å². The summed E-state index contributed by atoms with van der Waals surface area (Å²) in [6.45, 7) is 0.661. The first-order valence-electron chi connectivity index (χ1n) is 7.41. The molecule has 1 amide bonds. The molecule has 0 saturated carbocycles. The smallest absolute Gasteiger partial charge is 0.249 e. The molecule has 0 aromatic heterocycles. The highest BCUT2D eigenvalue weighted by Gasteiger charge is 2.30. The number of fused-ring (bicyclic) bond motifs is 1. The van der Waals surface area contributed by atoms with Gasteiger partial charge in [-0.15, -0.1) is 11.6 Å². The number of halogens is 1. The van der Waals surface area contributed by atoms with Crippen LogP contribution < -0.4 is 14.4 Å². The first-order valence-corrected chi connectivity index (χ1v) is 7.84. The minimum Gasteiger partial charge on any atom is -0.493 e. The van der Waals surface area contributed by atoms with E-state index in [-0.39, 0.29) is 5.91 Å². The van der Waals surface area contributed by atoms with Gasteiger partial charge in [0.1, 0.15) is 5.38 Å². The molecule has 1 aliphatic rings. The lowest BCUT2D eigenvalue weighted by molar-refractivity contribution is -0.118. The number of carbonyl (C=O) groups is 1. The molecule has 3 rings (SSSR count). The van der Waals surface area contributed by atoms with Crippen molar-refractivity contribution in [2.24, 2.45) is 0 Å². The molecule has 1 atom stereocenters. The lowest BCUT2D eigenvalue weighted by Crippen LogP contribution is -2.31. The van der Waals surface area contributed by atoms with E-state index in [1.807, 2.05) is 24.3 Å². The molecule has 1 unspecified atom stereocenters. The minimum absolute atomic E-state index is 0.121. The van der Waals surface area contributed by atoms with E-state index in [2.05, 4.69) is 0 Å². The zero-order valence-corrected chi connectivity index (χ0v) is 13.8. The van der Waals surface area contributed by atoms with Crippen LogP contribution in [-0.4, -0.2) is 26.7 Å². The Hall–Kier alpha value is -2.20. The van der Waals surface area contributed by atoms with Gasteiger partial charge in [-0.05, 0) is 35.7 Å². The van der Waals surface area contributed by atoms with Crippen molar-refractivity contribution < 1.29 is 14.3 Å². The molecule has 0 aliphatic carbocycles. The van der Waals surface area contributed by atoms with Gasteiger partial charge in [0, 0.05) is 12.2 Å². The van der Waals surface area contributed by atoms with E-state index in [1.54, 1.807) is 37.3 Å². The van der Waals surface area contributed by atoms with Crippen molar-refractivity contribution in [3.63, 3.8) is 0 Å². The highest BCUT2D eigenvalue weighted by Crippen LogP contribution is 2.35. The fraction of sp³-hybridized carbons (Fsp3) is 0.278. The quantitative estimate of drug-likeness (QED) is 0.804. The lowest BCUT2D eigenvalue weighted by Gasteiger charge is -2.21. The van der Waals surface area contributed by atoms with Crippen molar-refractivity contribution in [3.05, 3.63) is 53.6 Å². The molecule has 1 aliphatic heterocycles. The number of anilines is 1. The molecule has 4 nitrogen and oxygen atoms in total. The molecule has 0 radical (unpaired) electrons. The summed E-state index contributed by atoms with van der Waals surface area (Å²) in [5.41, 5.74) is 2.82. The molecule has 0 saturated heterocycles. The van der Waals surface area contributed by atoms with Gasteiger partial charge in [-0.2, -0.15) is 0 Å². The summed E-state index contributed by atoms with van der Waals surface area (Å²) >= 11 is 6.44. The van der Waals surface area contributed by atoms with Crippen molar-refractivity contribution in [2.45, 2.75) is 11.8 Å². The molecular formula is C18H18ClNO3. The number of rotatable bonds is 4. The SMILES string of the molecule is COc1ccc(C(Cl)C(=O)N2CCc3ccccc32)cc1OC. The molecule has 0 fully saturated rings. The van der Waals surface area contributed by atoms with E-state index in [9.17, 15) is 4.79 Å². The summed E-state index contributed by atoms with van der Waals surface area (Å²) in [5, 5.41) is -0.763. The van der Waals surface area contributed by atoms with Crippen molar-refractivity contribution in [2.75, 3.05) is 25.7 Å². The predicted octanol–water partition coefficient (Wildman–Crippen LogP) is 3.57. The van der Waals surface area contributed by atoms with Gasteiger partial charge in [-0.25, -0.2) is 0 Å². The van der Waals surface area contributed by atoms with Crippen LogP contribution in [0.4, 0.5) is 5.69 Å². The minimum atomic E-state index is -0.763. The van der Waals surface area contributed by atoms with E-state index in [4.69, 9.17) is 21.1 Å². The van der Waals surface area contributed by atoms with E-state index in [0.717, 1.165) is 12.1 Å². The Morgan fingerprint density at radius 3 is 2.61 bits per heavy atom. The number of amides is 1. The third kappa shape index (κ3) is 2.86. The monoisotopic (exact) mass is 331 g/mol. The van der Waals surface area contributed by atoms with Crippen LogP contribution in [0, 0.1) is 0 Å². The van der Waals surface area contributed by atoms with Crippen LogP contribution in [0.2, 0.25) is 0 Å². The number of methoxy groups -OCH3 is 2. The molecule has 1 heterocycles. The van der Waals surface area contributed by atoms with Crippen LogP contribution in [-0.2, 0) is 11.2 Å². The van der Waals surface area contributed by atoms with Gasteiger partial charge in [0.15, 0.2) is 11.5 Å². The van der Waals surface area contributed by atoms with Gasteiger partial charge in [0.2, 0.25) is 5.91 Å². The Balaban J connectivity index is 1.86. The number of ether oxygens (including phenoxy) is 2. The molecule has 5 heteroatoms. The second-order valence-electron chi connectivity index (χ2n) is 5.35. The molecule has 23 heavy (non-hydrogen) atoms. The fourth-order valence-electron chi connectivity index (χ4n) is 2.86. The van der Waals surface area contributed by atoms with E-state index in [1.165, 1.54) is 5.56 Å². The third-order valence-corrected chi connectivity index (χ3v) is 4.51. The van der Waals surface area contributed by atoms with Crippen molar-refractivity contribution in [1.82, 2.24) is 0 Å². The number of carbonyl (C=O) groups excluding carboxylic acids is 1. The topological polar surface area (TPSA) is 38.8 Å². The first kappa shape index (κ1) is 15.7. The van der Waals surface area contributed by atoms with Crippen LogP contribution in [0.3, 0.4) is 0 Å². The number of benzene rings is 2. The largest absolute Gasteiger partial charge is 0.493 e. The van der Waals surface area contributed by atoms with Crippen LogP contribution in [0.5, 0.6) is 11.5 Å². The summed E-state index contributed by atoms with van der Waals surface area (Å²) < 4.78 is 10.5. The van der Waals surface area contributed by atoms with E-state index >= 15 is 0 Å². The maximum absolute atomic E-state index is 12.8. The molecular weight excluding hydrogens is 314 g/mol. The van der Waals surface area contributed by atoms with Crippen LogP contribution >= 0.6 is 11.6 Å². The van der Waals surface area contributed by atoms with E-state index < -0.39 is 5.38 Å². The molecule has 2 aromatic rings. The average Bonchev–Trinajstić information content (AvgIpc) is 3.03. The Kier molecular flexibility index (Phi) is 4.44. The molecule has 0 bridgehead atoms. The van der Waals surface area contributed by atoms with Crippen molar-refractivity contribution in [3.8, 4) is 11.5 Å². The number of para-hydroxylation sites is 1. The maximum atomic E-state index is 12.8. The normalized spacial score (nSPS) is 14.3.